The molecule has 0 saturated carbocycles. The Hall–Kier alpha value is -0.780. The molecule has 0 radical (unpaired) electrons. The summed E-state index contributed by atoms with van der Waals surface area (Å²) < 4.78 is 6.37. The number of benzene rings is 1. The lowest BCUT2D eigenvalue weighted by atomic mass is 10.2. The predicted molar refractivity (Wildman–Crippen MR) is 59.0 cm³/mol. The highest BCUT2D eigenvalue weighted by atomic mass is 127. The summed E-state index contributed by atoms with van der Waals surface area (Å²) in [5.74, 6) is 0.569. The second-order valence-corrected chi connectivity index (χ2v) is 4.11. The van der Waals surface area contributed by atoms with Gasteiger partial charge in [-0.1, -0.05) is 17.7 Å². The molecule has 0 saturated heterocycles. The Morgan fingerprint density at radius 1 is 1.38 bits per heavy atom. The lowest BCUT2D eigenvalue weighted by Gasteiger charge is -2.08. The van der Waals surface area contributed by atoms with Crippen LogP contribution in [0.4, 0.5) is 4.79 Å². The molecule has 1 aromatic carbocycles. The molecule has 0 aliphatic rings. The van der Waals surface area contributed by atoms with Gasteiger partial charge in [-0.3, -0.25) is 3.11 Å². The Morgan fingerprint density at radius 3 is 2.38 bits per heavy atom. The molecule has 0 aliphatic heterocycles. The van der Waals surface area contributed by atoms with Crippen LogP contribution in [0.1, 0.15) is 5.56 Å². The lowest BCUT2D eigenvalue weighted by molar-refractivity contribution is 0.190. The van der Waals surface area contributed by atoms with Crippen LogP contribution in [0.25, 0.3) is 0 Å². The minimum atomic E-state index is -0.371. The number of rotatable bonds is 1. The van der Waals surface area contributed by atoms with Crippen LogP contribution in [0.15, 0.2) is 24.3 Å². The summed E-state index contributed by atoms with van der Waals surface area (Å²) in [6.45, 7) is 1.98. The third kappa shape index (κ3) is 3.22. The van der Waals surface area contributed by atoms with E-state index in [0.29, 0.717) is 5.75 Å². The highest BCUT2D eigenvalue weighted by Gasteiger charge is 2.06. The zero-order valence-corrected chi connectivity index (χ0v) is 9.61. The molecule has 0 N–H and O–H groups in total. The molecule has 0 aromatic heterocycles. The molecular formula is C9H10INO2. The first kappa shape index (κ1) is 10.3. The Labute approximate surface area is 91.2 Å². The number of halogens is 1. The monoisotopic (exact) mass is 291 g/mol. The molecule has 0 heterocycles. The van der Waals surface area contributed by atoms with Gasteiger partial charge in [0.1, 0.15) is 5.75 Å². The highest BCUT2D eigenvalue weighted by molar-refractivity contribution is 14.1. The highest BCUT2D eigenvalue weighted by Crippen LogP contribution is 2.13. The Morgan fingerprint density at radius 2 is 1.92 bits per heavy atom. The summed E-state index contributed by atoms with van der Waals surface area (Å²) in [5.41, 5.74) is 1.14. The maximum absolute atomic E-state index is 11.1. The standard InChI is InChI=1S/C9H10INO2/c1-7-3-5-8(6-4-7)13-9(12)11(2)10/h3-6H,1-2H3. The van der Waals surface area contributed by atoms with Crippen molar-refractivity contribution >= 4 is 29.0 Å². The minimum absolute atomic E-state index is 0.371. The van der Waals surface area contributed by atoms with Crippen LogP contribution in [-0.4, -0.2) is 16.3 Å². The molecule has 4 heteroatoms. The molecule has 0 atom stereocenters. The van der Waals surface area contributed by atoms with Crippen LogP contribution in [-0.2, 0) is 0 Å². The second-order valence-electron chi connectivity index (χ2n) is 2.66. The van der Waals surface area contributed by atoms with Gasteiger partial charge in [-0.25, -0.2) is 4.79 Å². The fourth-order valence-corrected chi connectivity index (χ4v) is 0.868. The fourth-order valence-electron chi connectivity index (χ4n) is 0.770. The molecule has 0 aliphatic carbocycles. The van der Waals surface area contributed by atoms with E-state index >= 15 is 0 Å². The maximum atomic E-state index is 11.1. The first-order chi connectivity index (χ1) is 6.09. The van der Waals surface area contributed by atoms with E-state index in [1.54, 1.807) is 19.2 Å². The number of carbonyl (C=O) groups excluding carboxylic acids is 1. The van der Waals surface area contributed by atoms with Crippen LogP contribution >= 0.6 is 22.9 Å². The van der Waals surface area contributed by atoms with Crippen molar-refractivity contribution < 1.29 is 9.53 Å². The van der Waals surface area contributed by atoms with Crippen LogP contribution in [0, 0.1) is 6.92 Å². The van der Waals surface area contributed by atoms with E-state index in [1.165, 1.54) is 3.11 Å². The number of hydrogen-bond acceptors (Lipinski definition) is 2. The zero-order valence-electron chi connectivity index (χ0n) is 7.45. The number of aryl methyl sites for hydroxylation is 1. The number of ether oxygens (including phenoxy) is 1. The first-order valence-electron chi connectivity index (χ1n) is 3.77. The maximum Gasteiger partial charge on any atom is 0.423 e. The van der Waals surface area contributed by atoms with E-state index in [4.69, 9.17) is 4.74 Å². The lowest BCUT2D eigenvalue weighted by Crippen LogP contribution is -2.19. The van der Waals surface area contributed by atoms with Crippen molar-refractivity contribution in [3.8, 4) is 5.75 Å². The SMILES string of the molecule is Cc1ccc(OC(=O)N(C)I)cc1. The summed E-state index contributed by atoms with van der Waals surface area (Å²) in [6.07, 6.45) is -0.371. The largest absolute Gasteiger partial charge is 0.423 e. The van der Waals surface area contributed by atoms with Crippen LogP contribution in [0.3, 0.4) is 0 Å². The van der Waals surface area contributed by atoms with E-state index in [2.05, 4.69) is 0 Å². The molecule has 13 heavy (non-hydrogen) atoms. The molecule has 0 fully saturated rings. The van der Waals surface area contributed by atoms with Crippen LogP contribution < -0.4 is 4.74 Å². The summed E-state index contributed by atoms with van der Waals surface area (Å²) in [5, 5.41) is 0. The van der Waals surface area contributed by atoms with Gasteiger partial charge in [-0.05, 0) is 19.1 Å². The van der Waals surface area contributed by atoms with E-state index in [-0.39, 0.29) is 6.09 Å². The van der Waals surface area contributed by atoms with E-state index < -0.39 is 0 Å². The molecular weight excluding hydrogens is 281 g/mol. The first-order valence-corrected chi connectivity index (χ1v) is 4.74. The zero-order chi connectivity index (χ0) is 9.84. The summed E-state index contributed by atoms with van der Waals surface area (Å²) in [6, 6.07) is 7.34. The summed E-state index contributed by atoms with van der Waals surface area (Å²) >= 11 is 1.86. The minimum Gasteiger partial charge on any atom is -0.410 e. The van der Waals surface area contributed by atoms with Crippen molar-refractivity contribution in [2.24, 2.45) is 0 Å². The third-order valence-corrected chi connectivity index (χ3v) is 1.87. The Bertz CT molecular complexity index is 295. The summed E-state index contributed by atoms with van der Waals surface area (Å²) in [4.78, 5) is 11.1. The average Bonchev–Trinajstić information content (AvgIpc) is 2.08. The normalized spacial score (nSPS) is 9.46. The van der Waals surface area contributed by atoms with Crippen LogP contribution in [0.5, 0.6) is 5.75 Å². The van der Waals surface area contributed by atoms with Gasteiger partial charge in [0.2, 0.25) is 0 Å². The quantitative estimate of drug-likeness (QED) is 0.588. The smallest absolute Gasteiger partial charge is 0.410 e. The second kappa shape index (κ2) is 4.45. The van der Waals surface area contributed by atoms with Crippen molar-refractivity contribution in [1.82, 2.24) is 3.11 Å². The molecule has 1 amide bonds. The van der Waals surface area contributed by atoms with Gasteiger partial charge in [-0.15, -0.1) is 0 Å². The molecule has 0 spiro atoms. The van der Waals surface area contributed by atoms with Gasteiger partial charge in [0.15, 0.2) is 0 Å². The van der Waals surface area contributed by atoms with E-state index in [9.17, 15) is 4.79 Å². The number of nitrogens with zero attached hydrogens (tertiary/aromatic N) is 1. The van der Waals surface area contributed by atoms with Gasteiger partial charge in [-0.2, -0.15) is 0 Å². The molecule has 1 aromatic rings. The van der Waals surface area contributed by atoms with Crippen molar-refractivity contribution in [1.29, 1.82) is 0 Å². The Balaban J connectivity index is 2.65. The fraction of sp³-hybridized carbons (Fsp3) is 0.222. The molecule has 3 nitrogen and oxygen atoms in total. The van der Waals surface area contributed by atoms with Gasteiger partial charge in [0.25, 0.3) is 0 Å². The molecule has 70 valence electrons. The number of amides is 1. The van der Waals surface area contributed by atoms with Crippen molar-refractivity contribution in [3.05, 3.63) is 29.8 Å². The average molecular weight is 291 g/mol. The summed E-state index contributed by atoms with van der Waals surface area (Å²) in [7, 11) is 1.64. The predicted octanol–water partition coefficient (Wildman–Crippen LogP) is 2.78. The van der Waals surface area contributed by atoms with Gasteiger partial charge >= 0.3 is 6.09 Å². The molecule has 0 bridgehead atoms. The van der Waals surface area contributed by atoms with Gasteiger partial charge in [0.05, 0.1) is 22.9 Å². The number of carbonyl (C=O) groups is 1. The van der Waals surface area contributed by atoms with Gasteiger partial charge < -0.3 is 4.74 Å². The van der Waals surface area contributed by atoms with Crippen molar-refractivity contribution in [2.75, 3.05) is 7.05 Å². The third-order valence-electron chi connectivity index (χ3n) is 1.48. The van der Waals surface area contributed by atoms with Crippen molar-refractivity contribution in [2.45, 2.75) is 6.92 Å². The van der Waals surface area contributed by atoms with Crippen molar-refractivity contribution in [3.63, 3.8) is 0 Å². The van der Waals surface area contributed by atoms with Crippen LogP contribution in [0.2, 0.25) is 0 Å². The van der Waals surface area contributed by atoms with Gasteiger partial charge in [0, 0.05) is 7.05 Å². The molecule has 1 rings (SSSR count). The topological polar surface area (TPSA) is 29.5 Å². The Kier molecular flexibility index (Phi) is 3.53. The van der Waals surface area contributed by atoms with E-state index in [1.807, 2.05) is 41.9 Å². The van der Waals surface area contributed by atoms with E-state index in [0.717, 1.165) is 5.56 Å². The number of hydrogen-bond donors (Lipinski definition) is 0. The molecule has 0 unspecified atom stereocenters.